The molecule has 4 rings (SSSR count). The smallest absolute Gasteiger partial charge is 0.336 e. The highest BCUT2D eigenvalue weighted by Gasteiger charge is 2.37. The van der Waals surface area contributed by atoms with Crippen molar-refractivity contribution in [3.63, 3.8) is 0 Å². The Morgan fingerprint density at radius 1 is 1.00 bits per heavy atom. The second kappa shape index (κ2) is 10.8. The maximum atomic E-state index is 13.2. The van der Waals surface area contributed by atoms with Gasteiger partial charge in [0.1, 0.15) is 5.76 Å². The standard InChI is InChI=1S/C27H31N3O6/c1-4-35-27(34)25-18(2)30(24(32)16-22(25)20-8-6-5-7-9-20)17-21-10-11-23(36-21)26(33)29-14-12-28(13-15-29)19(3)31/h5-11,22H,4,12-17H2,1-3H3. The van der Waals surface area contributed by atoms with Gasteiger partial charge in [-0.3, -0.25) is 14.4 Å². The van der Waals surface area contributed by atoms with Gasteiger partial charge in [0, 0.05) is 51.1 Å². The fourth-order valence-electron chi connectivity index (χ4n) is 4.76. The molecule has 3 amide bonds. The molecule has 9 heteroatoms. The first-order valence-electron chi connectivity index (χ1n) is 12.2. The van der Waals surface area contributed by atoms with Gasteiger partial charge in [-0.05, 0) is 31.5 Å². The van der Waals surface area contributed by atoms with Gasteiger partial charge in [-0.25, -0.2) is 4.79 Å². The normalized spacial score (nSPS) is 18.5. The zero-order chi connectivity index (χ0) is 25.8. The van der Waals surface area contributed by atoms with Gasteiger partial charge in [-0.2, -0.15) is 0 Å². The van der Waals surface area contributed by atoms with E-state index >= 15 is 0 Å². The molecule has 190 valence electrons. The molecule has 0 spiro atoms. The summed E-state index contributed by atoms with van der Waals surface area (Å²) in [5.41, 5.74) is 1.85. The lowest BCUT2D eigenvalue weighted by Gasteiger charge is -2.34. The summed E-state index contributed by atoms with van der Waals surface area (Å²) in [7, 11) is 0. The van der Waals surface area contributed by atoms with E-state index in [1.807, 2.05) is 30.3 Å². The average molecular weight is 494 g/mol. The molecule has 1 unspecified atom stereocenters. The first kappa shape index (κ1) is 25.2. The van der Waals surface area contributed by atoms with E-state index in [0.717, 1.165) is 5.56 Å². The Kier molecular flexibility index (Phi) is 7.57. The summed E-state index contributed by atoms with van der Waals surface area (Å²) in [6.07, 6.45) is 0.127. The summed E-state index contributed by atoms with van der Waals surface area (Å²) in [5.74, 6) is -0.613. The Hall–Kier alpha value is -3.88. The van der Waals surface area contributed by atoms with Crippen molar-refractivity contribution in [2.24, 2.45) is 0 Å². The molecule has 2 aromatic rings. The van der Waals surface area contributed by atoms with Crippen molar-refractivity contribution in [1.29, 1.82) is 0 Å². The third kappa shape index (κ3) is 5.19. The van der Waals surface area contributed by atoms with Crippen molar-refractivity contribution < 1.29 is 28.3 Å². The van der Waals surface area contributed by atoms with Crippen LogP contribution in [0.1, 0.15) is 55.0 Å². The van der Waals surface area contributed by atoms with E-state index in [4.69, 9.17) is 9.15 Å². The van der Waals surface area contributed by atoms with Crippen LogP contribution in [0.5, 0.6) is 0 Å². The summed E-state index contributed by atoms with van der Waals surface area (Å²) < 4.78 is 11.2. The van der Waals surface area contributed by atoms with Gasteiger partial charge in [0.2, 0.25) is 11.8 Å². The minimum absolute atomic E-state index is 0.00584. The van der Waals surface area contributed by atoms with E-state index in [9.17, 15) is 19.2 Å². The van der Waals surface area contributed by atoms with Crippen molar-refractivity contribution in [2.75, 3.05) is 32.8 Å². The highest BCUT2D eigenvalue weighted by Crippen LogP contribution is 2.37. The Morgan fingerprint density at radius 2 is 1.67 bits per heavy atom. The molecular formula is C27H31N3O6. The van der Waals surface area contributed by atoms with E-state index in [0.29, 0.717) is 43.2 Å². The number of hydrogen-bond acceptors (Lipinski definition) is 6. The van der Waals surface area contributed by atoms with Crippen LogP contribution in [-0.2, 0) is 25.7 Å². The van der Waals surface area contributed by atoms with Crippen LogP contribution in [0.3, 0.4) is 0 Å². The largest absolute Gasteiger partial charge is 0.463 e. The molecule has 2 aliphatic heterocycles. The van der Waals surface area contributed by atoms with Gasteiger partial charge in [-0.1, -0.05) is 30.3 Å². The van der Waals surface area contributed by atoms with Crippen LogP contribution in [0.25, 0.3) is 0 Å². The number of carbonyl (C=O) groups excluding carboxylic acids is 4. The molecule has 1 aromatic carbocycles. The summed E-state index contributed by atoms with van der Waals surface area (Å²) >= 11 is 0. The maximum Gasteiger partial charge on any atom is 0.336 e. The predicted molar refractivity (Wildman–Crippen MR) is 131 cm³/mol. The molecule has 0 aliphatic carbocycles. The summed E-state index contributed by atoms with van der Waals surface area (Å²) in [6.45, 7) is 7.18. The third-order valence-electron chi connectivity index (χ3n) is 6.72. The number of ether oxygens (including phenoxy) is 1. The first-order chi connectivity index (χ1) is 17.3. The average Bonchev–Trinajstić information content (AvgIpc) is 3.35. The van der Waals surface area contributed by atoms with E-state index < -0.39 is 11.9 Å². The van der Waals surface area contributed by atoms with Crippen LogP contribution >= 0.6 is 0 Å². The molecule has 1 aromatic heterocycles. The Balaban J connectivity index is 1.53. The van der Waals surface area contributed by atoms with Gasteiger partial charge >= 0.3 is 5.97 Å². The first-order valence-corrected chi connectivity index (χ1v) is 12.2. The Labute approximate surface area is 210 Å². The van der Waals surface area contributed by atoms with Gasteiger partial charge in [-0.15, -0.1) is 0 Å². The molecule has 3 heterocycles. The van der Waals surface area contributed by atoms with Crippen molar-refractivity contribution >= 4 is 23.7 Å². The van der Waals surface area contributed by atoms with Crippen LogP contribution in [0, 0.1) is 0 Å². The van der Waals surface area contributed by atoms with Crippen molar-refractivity contribution in [1.82, 2.24) is 14.7 Å². The van der Waals surface area contributed by atoms with Crippen LogP contribution in [0.4, 0.5) is 0 Å². The van der Waals surface area contributed by atoms with E-state index in [-0.39, 0.29) is 43.1 Å². The van der Waals surface area contributed by atoms with E-state index in [1.54, 1.807) is 35.8 Å². The fourth-order valence-corrected chi connectivity index (χ4v) is 4.76. The molecule has 0 N–H and O–H groups in total. The number of benzene rings is 1. The van der Waals surface area contributed by atoms with Crippen molar-refractivity contribution in [2.45, 2.75) is 39.7 Å². The van der Waals surface area contributed by atoms with Crippen LogP contribution < -0.4 is 0 Å². The number of piperazine rings is 1. The highest BCUT2D eigenvalue weighted by atomic mass is 16.5. The minimum atomic E-state index is -0.443. The molecule has 1 atom stereocenters. The summed E-state index contributed by atoms with van der Waals surface area (Å²) in [4.78, 5) is 55.4. The molecule has 36 heavy (non-hydrogen) atoms. The minimum Gasteiger partial charge on any atom is -0.463 e. The predicted octanol–water partition coefficient (Wildman–Crippen LogP) is 2.94. The molecule has 0 saturated carbocycles. The summed E-state index contributed by atoms with van der Waals surface area (Å²) in [5, 5.41) is 0. The molecule has 9 nitrogen and oxygen atoms in total. The summed E-state index contributed by atoms with van der Waals surface area (Å²) in [6, 6.07) is 12.7. The zero-order valence-electron chi connectivity index (χ0n) is 20.9. The monoisotopic (exact) mass is 493 g/mol. The number of rotatable bonds is 6. The van der Waals surface area contributed by atoms with Gasteiger partial charge in [0.25, 0.3) is 5.91 Å². The molecular weight excluding hydrogens is 462 g/mol. The highest BCUT2D eigenvalue weighted by molar-refractivity contribution is 5.96. The molecule has 1 fully saturated rings. The third-order valence-corrected chi connectivity index (χ3v) is 6.72. The lowest BCUT2D eigenvalue weighted by atomic mass is 9.83. The number of hydrogen-bond donors (Lipinski definition) is 0. The van der Waals surface area contributed by atoms with Gasteiger partial charge in [0.05, 0.1) is 18.7 Å². The SMILES string of the molecule is CCOC(=O)C1=C(C)N(Cc2ccc(C(=O)N3CCN(C(C)=O)CC3)o2)C(=O)CC1c1ccccc1. The maximum absolute atomic E-state index is 13.2. The quantitative estimate of drug-likeness (QED) is 0.574. The Bertz CT molecular complexity index is 1180. The van der Waals surface area contributed by atoms with Crippen LogP contribution in [0.15, 0.2) is 58.2 Å². The second-order valence-corrected chi connectivity index (χ2v) is 8.93. The number of esters is 1. The van der Waals surface area contributed by atoms with E-state index in [1.165, 1.54) is 11.8 Å². The second-order valence-electron chi connectivity index (χ2n) is 8.93. The number of amides is 3. The van der Waals surface area contributed by atoms with Crippen molar-refractivity contribution in [3.8, 4) is 0 Å². The fraction of sp³-hybridized carbons (Fsp3) is 0.407. The molecule has 0 radical (unpaired) electrons. The number of nitrogens with zero attached hydrogens (tertiary/aromatic N) is 3. The molecule has 1 saturated heterocycles. The zero-order valence-corrected chi connectivity index (χ0v) is 20.9. The lowest BCUT2D eigenvalue weighted by Crippen LogP contribution is -2.50. The molecule has 0 bridgehead atoms. The number of carbonyl (C=O) groups is 4. The van der Waals surface area contributed by atoms with Crippen LogP contribution in [-0.4, -0.2) is 71.2 Å². The number of furan rings is 1. The Morgan fingerprint density at radius 3 is 2.31 bits per heavy atom. The van der Waals surface area contributed by atoms with Gasteiger partial charge in [0.15, 0.2) is 5.76 Å². The lowest BCUT2D eigenvalue weighted by molar-refractivity contribution is -0.140. The number of allylic oxidation sites excluding steroid dienone is 1. The van der Waals surface area contributed by atoms with Gasteiger partial charge < -0.3 is 23.9 Å². The van der Waals surface area contributed by atoms with E-state index in [2.05, 4.69) is 0 Å². The van der Waals surface area contributed by atoms with Crippen molar-refractivity contribution in [3.05, 3.63) is 70.8 Å². The van der Waals surface area contributed by atoms with Crippen LogP contribution in [0.2, 0.25) is 0 Å². The topological polar surface area (TPSA) is 100 Å². The molecule has 2 aliphatic rings.